The zero-order valence-corrected chi connectivity index (χ0v) is 16.7. The molecule has 3 aromatic carbocycles. The van der Waals surface area contributed by atoms with E-state index in [4.69, 9.17) is 4.74 Å². The van der Waals surface area contributed by atoms with Crippen LogP contribution in [-0.4, -0.2) is 0 Å². The van der Waals surface area contributed by atoms with Gasteiger partial charge < -0.3 is 4.74 Å². The molecule has 0 N–H and O–H groups in total. The van der Waals surface area contributed by atoms with Gasteiger partial charge in [0, 0.05) is 16.5 Å². The third-order valence-electron chi connectivity index (χ3n) is 5.62. The van der Waals surface area contributed by atoms with Crippen molar-refractivity contribution in [3.8, 4) is 16.9 Å². The largest absolute Gasteiger partial charge is 0.482 e. The van der Waals surface area contributed by atoms with Crippen LogP contribution in [0.5, 0.6) is 5.75 Å². The monoisotopic (exact) mass is 344 g/mol. The maximum atomic E-state index is 6.60. The first kappa shape index (κ1) is 17.1. The average Bonchev–Trinajstić information content (AvgIpc) is 2.59. The van der Waals surface area contributed by atoms with Crippen molar-refractivity contribution in [1.29, 1.82) is 0 Å². The molecule has 0 aromatic heterocycles. The molecule has 0 bridgehead atoms. The van der Waals surface area contributed by atoms with Gasteiger partial charge in [-0.2, -0.15) is 0 Å². The highest BCUT2D eigenvalue weighted by Gasteiger charge is 2.34. The lowest BCUT2D eigenvalue weighted by Gasteiger charge is -2.37. The zero-order valence-electron chi connectivity index (χ0n) is 16.7. The van der Waals surface area contributed by atoms with Crippen molar-refractivity contribution in [3.63, 3.8) is 0 Å². The fourth-order valence-corrected chi connectivity index (χ4v) is 3.95. The van der Waals surface area contributed by atoms with Crippen LogP contribution in [-0.2, 0) is 17.4 Å². The van der Waals surface area contributed by atoms with E-state index in [2.05, 4.69) is 90.1 Å². The van der Waals surface area contributed by atoms with E-state index < -0.39 is 0 Å². The van der Waals surface area contributed by atoms with Crippen LogP contribution >= 0.6 is 0 Å². The molecule has 1 heterocycles. The van der Waals surface area contributed by atoms with Gasteiger partial charge in [0.05, 0.1) is 0 Å². The first-order valence-electron chi connectivity index (χ1n) is 9.61. The van der Waals surface area contributed by atoms with E-state index in [9.17, 15) is 0 Å². The second kappa shape index (κ2) is 5.61. The molecule has 1 heteroatoms. The maximum Gasteiger partial charge on any atom is 0.136 e. The minimum atomic E-state index is -0.346. The van der Waals surface area contributed by atoms with Crippen LogP contribution in [0.15, 0.2) is 48.5 Å². The summed E-state index contributed by atoms with van der Waals surface area (Å²) in [5.41, 5.74) is 6.28. The van der Waals surface area contributed by atoms with Crippen molar-refractivity contribution in [1.82, 2.24) is 0 Å². The summed E-state index contributed by atoms with van der Waals surface area (Å²) in [5.74, 6) is 1.02. The first-order valence-corrected chi connectivity index (χ1v) is 9.61. The van der Waals surface area contributed by atoms with Crippen molar-refractivity contribution in [2.24, 2.45) is 0 Å². The minimum Gasteiger partial charge on any atom is -0.482 e. The van der Waals surface area contributed by atoms with Crippen LogP contribution < -0.4 is 4.74 Å². The molecule has 0 unspecified atom stereocenters. The molecule has 0 fully saturated rings. The average molecular weight is 344 g/mol. The van der Waals surface area contributed by atoms with E-state index in [-0.39, 0.29) is 11.0 Å². The van der Waals surface area contributed by atoms with Gasteiger partial charge in [-0.05, 0) is 53.8 Å². The number of benzene rings is 3. The Hall–Kier alpha value is -2.28. The Balaban J connectivity index is 1.98. The summed E-state index contributed by atoms with van der Waals surface area (Å²) in [6, 6.07) is 18.1. The molecular weight excluding hydrogens is 316 g/mol. The number of hydrogen-bond acceptors (Lipinski definition) is 1. The molecule has 0 saturated carbocycles. The molecule has 4 rings (SSSR count). The molecular formula is C25H28O. The lowest BCUT2D eigenvalue weighted by atomic mass is 9.79. The van der Waals surface area contributed by atoms with Gasteiger partial charge in [0.15, 0.2) is 0 Å². The van der Waals surface area contributed by atoms with Crippen LogP contribution in [0.3, 0.4) is 0 Å². The molecule has 3 aromatic rings. The van der Waals surface area contributed by atoms with E-state index in [1.807, 2.05) is 0 Å². The first-order chi connectivity index (χ1) is 12.2. The summed E-state index contributed by atoms with van der Waals surface area (Å²) in [4.78, 5) is 0. The molecule has 0 saturated heterocycles. The smallest absolute Gasteiger partial charge is 0.136 e. The van der Waals surface area contributed by atoms with Crippen molar-refractivity contribution >= 4 is 10.8 Å². The summed E-state index contributed by atoms with van der Waals surface area (Å²) in [6.45, 7) is 13.3. The van der Waals surface area contributed by atoms with Gasteiger partial charge in [0.1, 0.15) is 11.4 Å². The number of ether oxygens (including phenoxy) is 1. The van der Waals surface area contributed by atoms with Gasteiger partial charge >= 0.3 is 0 Å². The maximum absolute atomic E-state index is 6.60. The normalized spacial score (nSPS) is 15.3. The Labute approximate surface area is 157 Å². The molecule has 26 heavy (non-hydrogen) atoms. The van der Waals surface area contributed by atoms with Gasteiger partial charge in [0.25, 0.3) is 0 Å². The Bertz CT molecular complexity index is 1000. The van der Waals surface area contributed by atoms with Crippen LogP contribution in [0.25, 0.3) is 21.9 Å². The van der Waals surface area contributed by atoms with Gasteiger partial charge in [-0.25, -0.2) is 0 Å². The predicted molar refractivity (Wildman–Crippen MR) is 111 cm³/mol. The summed E-state index contributed by atoms with van der Waals surface area (Å²) in [5, 5.41) is 2.46. The van der Waals surface area contributed by atoms with Gasteiger partial charge in [-0.1, -0.05) is 70.2 Å². The van der Waals surface area contributed by atoms with Crippen molar-refractivity contribution < 1.29 is 4.74 Å². The fourth-order valence-electron chi connectivity index (χ4n) is 3.95. The molecule has 134 valence electrons. The summed E-state index contributed by atoms with van der Waals surface area (Å²) in [6.07, 6.45) is 1.05. The lowest BCUT2D eigenvalue weighted by Crippen LogP contribution is -2.30. The van der Waals surface area contributed by atoms with Gasteiger partial charge in [0.2, 0.25) is 0 Å². The Morgan fingerprint density at radius 2 is 1.62 bits per heavy atom. The van der Waals surface area contributed by atoms with Crippen molar-refractivity contribution in [2.75, 3.05) is 0 Å². The van der Waals surface area contributed by atoms with Crippen LogP contribution in [0.1, 0.15) is 58.2 Å². The Morgan fingerprint density at radius 3 is 2.31 bits per heavy atom. The summed E-state index contributed by atoms with van der Waals surface area (Å²) in [7, 11) is 0. The zero-order chi connectivity index (χ0) is 18.7. The number of rotatable bonds is 1. The standard InChI is InChI=1S/C25H28O/c1-7-16-8-11-19-17(14-16)9-12-21-20-13-10-18(24(2,3)4)15-22(20)25(5,6)26-23(19)21/h8-15H,7H2,1-6H3. The molecule has 0 atom stereocenters. The minimum absolute atomic E-state index is 0.130. The molecule has 0 spiro atoms. The van der Waals surface area contributed by atoms with Gasteiger partial charge in [-0.3, -0.25) is 0 Å². The topological polar surface area (TPSA) is 9.23 Å². The highest BCUT2D eigenvalue weighted by molar-refractivity contribution is 5.97. The molecule has 0 aliphatic carbocycles. The number of fused-ring (bicyclic) bond motifs is 5. The summed E-state index contributed by atoms with van der Waals surface area (Å²) >= 11 is 0. The molecule has 0 amide bonds. The second-order valence-corrected chi connectivity index (χ2v) is 8.97. The van der Waals surface area contributed by atoms with Crippen LogP contribution in [0, 0.1) is 0 Å². The van der Waals surface area contributed by atoms with Crippen LogP contribution in [0.4, 0.5) is 0 Å². The predicted octanol–water partition coefficient (Wildman–Crippen LogP) is 6.99. The molecule has 1 aliphatic rings. The highest BCUT2D eigenvalue weighted by Crippen LogP contribution is 2.49. The van der Waals surface area contributed by atoms with Gasteiger partial charge in [-0.15, -0.1) is 0 Å². The lowest BCUT2D eigenvalue weighted by molar-refractivity contribution is 0.108. The molecule has 1 aliphatic heterocycles. The van der Waals surface area contributed by atoms with E-state index in [0.29, 0.717) is 0 Å². The van der Waals surface area contributed by atoms with E-state index in [0.717, 1.165) is 12.2 Å². The van der Waals surface area contributed by atoms with E-state index in [1.165, 1.54) is 38.6 Å². The SMILES string of the molecule is CCc1ccc2c3c(ccc2c1)-c1ccc(C(C)(C)C)cc1C(C)(C)O3. The quantitative estimate of drug-likeness (QED) is 0.462. The van der Waals surface area contributed by atoms with E-state index in [1.54, 1.807) is 0 Å². The highest BCUT2D eigenvalue weighted by atomic mass is 16.5. The summed E-state index contributed by atoms with van der Waals surface area (Å²) < 4.78 is 6.60. The van der Waals surface area contributed by atoms with E-state index >= 15 is 0 Å². The number of aryl methyl sites for hydroxylation is 1. The second-order valence-electron chi connectivity index (χ2n) is 8.97. The van der Waals surface area contributed by atoms with Crippen LogP contribution in [0.2, 0.25) is 0 Å². The van der Waals surface area contributed by atoms with Crippen molar-refractivity contribution in [3.05, 3.63) is 65.2 Å². The number of hydrogen-bond donors (Lipinski definition) is 0. The Kier molecular flexibility index (Phi) is 3.70. The third kappa shape index (κ3) is 2.61. The molecule has 1 nitrogen and oxygen atoms in total. The van der Waals surface area contributed by atoms with Crippen molar-refractivity contribution in [2.45, 2.75) is 59.0 Å². The Morgan fingerprint density at radius 1 is 0.885 bits per heavy atom. The third-order valence-corrected chi connectivity index (χ3v) is 5.62. The molecule has 0 radical (unpaired) electrons. The fraction of sp³-hybridized carbons (Fsp3) is 0.360.